The molecule has 0 unspecified atom stereocenters. The van der Waals surface area contributed by atoms with Crippen LogP contribution in [0.4, 0.5) is 0 Å². The van der Waals surface area contributed by atoms with Gasteiger partial charge in [-0.3, -0.25) is 9.59 Å². The first-order chi connectivity index (χ1) is 16.2. The summed E-state index contributed by atoms with van der Waals surface area (Å²) in [5, 5.41) is 13.6. The van der Waals surface area contributed by atoms with Crippen LogP contribution in [0.15, 0.2) is 97.1 Å². The fraction of sp³-hybridized carbons (Fsp3) is 0.0345. The number of benzene rings is 5. The number of ether oxygens (including phenoxy) is 1. The van der Waals surface area contributed by atoms with Crippen LogP contribution in [0.5, 0.6) is 11.5 Å². The average Bonchev–Trinajstić information content (AvgIpc) is 2.86. The Morgan fingerprint density at radius 3 is 2.15 bits per heavy atom. The molecule has 4 heteroatoms. The van der Waals surface area contributed by atoms with Gasteiger partial charge in [0.25, 0.3) is 0 Å². The maximum absolute atomic E-state index is 13.7. The first kappa shape index (κ1) is 20.5. The smallest absolute Gasteiger partial charge is 0.238 e. The highest BCUT2D eigenvalue weighted by molar-refractivity contribution is 6.22. The molecule has 0 spiro atoms. The number of hydrogen-bond donors (Lipinski definition) is 1. The molecule has 0 saturated heterocycles. The van der Waals surface area contributed by atoms with Crippen LogP contribution < -0.4 is 4.74 Å². The summed E-state index contributed by atoms with van der Waals surface area (Å²) in [6.45, 7) is 0.239. The second-order valence-corrected chi connectivity index (χ2v) is 7.77. The van der Waals surface area contributed by atoms with Crippen molar-refractivity contribution in [3.8, 4) is 11.5 Å². The van der Waals surface area contributed by atoms with Gasteiger partial charge in [0.2, 0.25) is 6.29 Å². The molecule has 0 heterocycles. The second-order valence-electron chi connectivity index (χ2n) is 7.77. The summed E-state index contributed by atoms with van der Waals surface area (Å²) in [5.74, 6) is -0.329. The van der Waals surface area contributed by atoms with E-state index in [4.69, 9.17) is 4.74 Å². The lowest BCUT2D eigenvalue weighted by molar-refractivity contribution is 0.103. The Labute approximate surface area is 190 Å². The number of aromatic hydroxyl groups is 1. The Bertz CT molecular complexity index is 1500. The lowest BCUT2D eigenvalue weighted by Gasteiger charge is -2.15. The third-order valence-electron chi connectivity index (χ3n) is 5.69. The molecule has 1 N–H and O–H groups in total. The minimum Gasteiger partial charge on any atom is -0.507 e. The predicted molar refractivity (Wildman–Crippen MR) is 129 cm³/mol. The number of rotatable bonds is 6. The molecule has 0 aliphatic heterocycles. The number of ketones is 1. The first-order valence-corrected chi connectivity index (χ1v) is 10.5. The van der Waals surface area contributed by atoms with Gasteiger partial charge in [-0.25, -0.2) is 0 Å². The van der Waals surface area contributed by atoms with E-state index in [1.165, 1.54) is 0 Å². The number of phenolic OH excluding ortho intramolecular Hbond substituents is 1. The summed E-state index contributed by atoms with van der Waals surface area (Å²) in [6.07, 6.45) is 1.92. The Morgan fingerprint density at radius 2 is 1.42 bits per heavy atom. The summed E-state index contributed by atoms with van der Waals surface area (Å²) >= 11 is 0. The van der Waals surface area contributed by atoms with Crippen molar-refractivity contribution in [2.75, 3.05) is 0 Å². The van der Waals surface area contributed by atoms with Gasteiger partial charge in [0.1, 0.15) is 18.1 Å². The number of phenols is 1. The molecule has 5 rings (SSSR count). The average molecular weight is 431 g/mol. The maximum atomic E-state index is 13.7. The number of carbonyl (C=O) groups is 1. The largest absolute Gasteiger partial charge is 0.507 e. The molecule has 4 nitrogen and oxygen atoms in total. The van der Waals surface area contributed by atoms with Crippen molar-refractivity contribution in [3.63, 3.8) is 0 Å². The van der Waals surface area contributed by atoms with Crippen molar-refractivity contribution >= 4 is 33.6 Å². The van der Waals surface area contributed by atoms with E-state index in [2.05, 4.69) is 0 Å². The van der Waals surface area contributed by atoms with Crippen molar-refractivity contribution in [1.82, 2.24) is 0 Å². The monoisotopic (exact) mass is 431 g/mol. The molecule has 5 aromatic carbocycles. The number of fused-ring (bicyclic) bond motifs is 2. The second kappa shape index (κ2) is 8.60. The molecule has 159 valence electrons. The molecule has 0 fully saturated rings. The van der Waals surface area contributed by atoms with Crippen LogP contribution in [0.3, 0.4) is 0 Å². The molecule has 1 radical (unpaired) electrons. The summed E-state index contributed by atoms with van der Waals surface area (Å²) in [5.41, 5.74) is 1.26. The molecule has 0 aromatic heterocycles. The van der Waals surface area contributed by atoms with Crippen LogP contribution >= 0.6 is 0 Å². The van der Waals surface area contributed by atoms with Crippen molar-refractivity contribution < 1.29 is 19.4 Å². The van der Waals surface area contributed by atoms with Crippen LogP contribution in [-0.2, 0) is 11.4 Å². The van der Waals surface area contributed by atoms with Crippen molar-refractivity contribution in [2.45, 2.75) is 6.61 Å². The van der Waals surface area contributed by atoms with Crippen LogP contribution in [0.25, 0.3) is 21.5 Å². The Kier molecular flexibility index (Phi) is 5.33. The molecule has 0 amide bonds. The van der Waals surface area contributed by atoms with Crippen molar-refractivity contribution in [3.05, 3.63) is 119 Å². The van der Waals surface area contributed by atoms with E-state index >= 15 is 0 Å². The molecule has 0 atom stereocenters. The highest BCUT2D eigenvalue weighted by Gasteiger charge is 2.24. The SMILES string of the molecule is O=[C]c1c(OCc2ccccc2)cc2ccccc2c1C(=O)c1cc2ccccc2cc1O. The van der Waals surface area contributed by atoms with E-state index < -0.39 is 5.78 Å². The topological polar surface area (TPSA) is 63.6 Å². The van der Waals surface area contributed by atoms with Gasteiger partial charge >= 0.3 is 0 Å². The standard InChI is InChI=1S/C29H19O4/c30-17-25-27(33-18-19-8-2-1-3-9-19)16-22-12-6-7-13-23(22)28(25)29(32)24-14-20-10-4-5-11-21(20)15-26(24)31/h1-16,31H,18H2. The Morgan fingerprint density at radius 1 is 0.788 bits per heavy atom. The third-order valence-corrected chi connectivity index (χ3v) is 5.69. The zero-order valence-corrected chi connectivity index (χ0v) is 17.6. The van der Waals surface area contributed by atoms with E-state index in [0.717, 1.165) is 21.7 Å². The van der Waals surface area contributed by atoms with Crippen LogP contribution in [0, 0.1) is 0 Å². The van der Waals surface area contributed by atoms with Gasteiger partial charge in [-0.05, 0) is 45.3 Å². The lowest BCUT2D eigenvalue weighted by Crippen LogP contribution is -2.09. The molecule has 5 aromatic rings. The minimum atomic E-state index is -0.460. The van der Waals surface area contributed by atoms with Crippen molar-refractivity contribution in [2.24, 2.45) is 0 Å². The molecule has 0 aliphatic rings. The van der Waals surface area contributed by atoms with Gasteiger partial charge < -0.3 is 9.84 Å². The third kappa shape index (κ3) is 3.83. The van der Waals surface area contributed by atoms with E-state index in [0.29, 0.717) is 5.39 Å². The van der Waals surface area contributed by atoms with Gasteiger partial charge in [-0.1, -0.05) is 78.9 Å². The Hall–Kier alpha value is -4.44. The quantitative estimate of drug-likeness (QED) is 0.337. The summed E-state index contributed by atoms with van der Waals surface area (Å²) in [7, 11) is 0. The highest BCUT2D eigenvalue weighted by atomic mass is 16.5. The molecule has 0 bridgehead atoms. The summed E-state index contributed by atoms with van der Waals surface area (Å²) in [4.78, 5) is 25.9. The summed E-state index contributed by atoms with van der Waals surface area (Å²) < 4.78 is 5.97. The van der Waals surface area contributed by atoms with E-state index in [1.54, 1.807) is 30.3 Å². The molecule has 0 aliphatic carbocycles. The molecular formula is C29H19O4. The Balaban J connectivity index is 1.67. The van der Waals surface area contributed by atoms with Gasteiger partial charge in [-0.2, -0.15) is 0 Å². The van der Waals surface area contributed by atoms with E-state index in [9.17, 15) is 14.7 Å². The fourth-order valence-electron chi connectivity index (χ4n) is 4.05. The summed E-state index contributed by atoms with van der Waals surface area (Å²) in [6, 6.07) is 29.3. The zero-order chi connectivity index (χ0) is 22.8. The maximum Gasteiger partial charge on any atom is 0.238 e. The lowest BCUT2D eigenvalue weighted by atomic mass is 9.91. The predicted octanol–water partition coefficient (Wildman–Crippen LogP) is 5.97. The molecular weight excluding hydrogens is 412 g/mol. The molecule has 0 saturated carbocycles. The molecule has 33 heavy (non-hydrogen) atoms. The minimum absolute atomic E-state index is 0.0437. The normalized spacial score (nSPS) is 10.9. The first-order valence-electron chi connectivity index (χ1n) is 10.5. The van der Waals surface area contributed by atoms with Gasteiger partial charge in [0.15, 0.2) is 5.78 Å². The van der Waals surface area contributed by atoms with Crippen LogP contribution in [0.2, 0.25) is 0 Å². The van der Waals surface area contributed by atoms with Gasteiger partial charge in [0.05, 0.1) is 11.1 Å². The zero-order valence-electron chi connectivity index (χ0n) is 17.6. The fourth-order valence-corrected chi connectivity index (χ4v) is 4.05. The van der Waals surface area contributed by atoms with Crippen molar-refractivity contribution in [1.29, 1.82) is 0 Å². The number of carbonyl (C=O) groups excluding carboxylic acids is 2. The van der Waals surface area contributed by atoms with Gasteiger partial charge in [-0.15, -0.1) is 0 Å². The van der Waals surface area contributed by atoms with Gasteiger partial charge in [0, 0.05) is 5.56 Å². The van der Waals surface area contributed by atoms with Crippen LogP contribution in [-0.4, -0.2) is 17.2 Å². The van der Waals surface area contributed by atoms with E-state index in [-0.39, 0.29) is 34.8 Å². The van der Waals surface area contributed by atoms with E-state index in [1.807, 2.05) is 73.0 Å². The highest BCUT2D eigenvalue weighted by Crippen LogP contribution is 2.35. The number of hydrogen-bond acceptors (Lipinski definition) is 4. The van der Waals surface area contributed by atoms with Crippen LogP contribution in [0.1, 0.15) is 27.0 Å².